The second-order valence-electron chi connectivity index (χ2n) is 15.3. The van der Waals surface area contributed by atoms with E-state index in [-0.39, 0.29) is 78.2 Å². The Kier molecular flexibility index (Phi) is 10.1. The number of hydrogen-bond donors (Lipinski definition) is 6. The monoisotopic (exact) mass is 856 g/mol. The molecule has 0 radical (unpaired) electrons. The minimum Gasteiger partial charge on any atom is -0.508 e. The van der Waals surface area contributed by atoms with Gasteiger partial charge in [-0.05, 0) is 108 Å². The number of aromatic amines is 2. The van der Waals surface area contributed by atoms with Gasteiger partial charge in [0.05, 0.1) is 27.8 Å². The molecule has 18 heteroatoms. The minimum atomic E-state index is -4.90. The van der Waals surface area contributed by atoms with Crippen LogP contribution in [0.3, 0.4) is 0 Å². The quantitative estimate of drug-likeness (QED) is 0.0586. The molecule has 60 heavy (non-hydrogen) atoms. The summed E-state index contributed by atoms with van der Waals surface area (Å²) >= 11 is 11.6. The zero-order valence-corrected chi connectivity index (χ0v) is 34.7. The highest BCUT2D eigenvalue weighted by Gasteiger charge is 2.39. The van der Waals surface area contributed by atoms with E-state index in [1.165, 1.54) is 33.5 Å². The maximum Gasteiger partial charge on any atom is 0.449 e. The average molecular weight is 857 g/mol. The molecule has 0 aliphatic heterocycles. The largest absolute Gasteiger partial charge is 0.508 e. The number of alkyl halides is 3. The summed E-state index contributed by atoms with van der Waals surface area (Å²) in [5.74, 6) is -1.72. The molecule has 0 bridgehead atoms. The summed E-state index contributed by atoms with van der Waals surface area (Å²) in [5, 5.41) is 54.3. The van der Waals surface area contributed by atoms with Gasteiger partial charge in [0, 0.05) is 35.8 Å². The molecule has 4 heterocycles. The molecule has 4 aromatic heterocycles. The number of phenolic OH excluding ortho intramolecular Hbond substituents is 4. The van der Waals surface area contributed by atoms with Crippen LogP contribution in [0.4, 0.5) is 13.2 Å². The first-order valence-corrected chi connectivity index (χ1v) is 20.0. The van der Waals surface area contributed by atoms with Crippen LogP contribution in [0.2, 0.25) is 0 Å². The van der Waals surface area contributed by atoms with Gasteiger partial charge in [0.25, 0.3) is 5.82 Å². The fourth-order valence-electron chi connectivity index (χ4n) is 7.68. The van der Waals surface area contributed by atoms with Gasteiger partial charge in [-0.15, -0.1) is 4.68 Å². The van der Waals surface area contributed by atoms with Gasteiger partial charge in [0.1, 0.15) is 28.7 Å². The maximum absolute atomic E-state index is 14.9. The van der Waals surface area contributed by atoms with E-state index >= 15 is 0 Å². The van der Waals surface area contributed by atoms with E-state index in [2.05, 4.69) is 31.8 Å². The number of hydrogen-bond acceptors (Lipinski definition) is 8. The van der Waals surface area contributed by atoms with Crippen molar-refractivity contribution in [1.82, 2.24) is 38.7 Å². The first-order valence-electron chi connectivity index (χ1n) is 19.2. The fourth-order valence-corrected chi connectivity index (χ4v) is 8.22. The van der Waals surface area contributed by atoms with E-state index in [0.717, 1.165) is 28.4 Å². The molecule has 0 aliphatic carbocycles. The van der Waals surface area contributed by atoms with Crippen LogP contribution >= 0.6 is 24.4 Å². The molecule has 6 N–H and O–H groups in total. The number of H-pyrrole nitrogens is 2. The van der Waals surface area contributed by atoms with Gasteiger partial charge in [0.15, 0.2) is 17.3 Å². The van der Waals surface area contributed by atoms with E-state index in [4.69, 9.17) is 24.4 Å². The molecule has 8 aromatic rings. The smallest absolute Gasteiger partial charge is 0.449 e. The molecule has 0 amide bonds. The Morgan fingerprint density at radius 3 is 2.10 bits per heavy atom. The lowest BCUT2D eigenvalue weighted by molar-refractivity contribution is -0.592. The SMILES string of the molecule is CCCn1ccc2cc(-[n+]3c(-c4cc(C(C)C)c(O)cc4O)[nH]n(Cn4c(C(F)(F)F)nc5cc(-n6c(-c7cc(C(C)C)c(O)cc7O)n[nH]c6=S)ccc54)c3=S)ccc21. The molecule has 13 nitrogen and oxygen atoms in total. The summed E-state index contributed by atoms with van der Waals surface area (Å²) in [5.41, 5.74) is 3.62. The van der Waals surface area contributed by atoms with Crippen molar-refractivity contribution >= 4 is 46.4 Å². The van der Waals surface area contributed by atoms with Crippen molar-refractivity contribution in [2.45, 2.75) is 72.3 Å². The fraction of sp³-hybridized carbons (Fsp3) is 0.262. The third kappa shape index (κ3) is 6.88. The highest BCUT2D eigenvalue weighted by atomic mass is 32.1. The van der Waals surface area contributed by atoms with E-state index in [9.17, 15) is 33.6 Å². The number of aryl methyl sites for hydroxylation is 1. The second kappa shape index (κ2) is 15.0. The number of aromatic nitrogens is 9. The Balaban J connectivity index is 1.29. The Morgan fingerprint density at radius 1 is 0.800 bits per heavy atom. The third-order valence-corrected chi connectivity index (χ3v) is 11.3. The number of nitrogens with zero attached hydrogens (tertiary/aromatic N) is 7. The van der Waals surface area contributed by atoms with E-state index in [1.807, 2.05) is 58.2 Å². The number of benzene rings is 4. The van der Waals surface area contributed by atoms with Crippen LogP contribution in [-0.2, 0) is 19.4 Å². The van der Waals surface area contributed by atoms with Gasteiger partial charge >= 0.3 is 10.9 Å². The number of fused-ring (bicyclic) bond motifs is 2. The van der Waals surface area contributed by atoms with Crippen molar-refractivity contribution in [1.29, 1.82) is 0 Å². The van der Waals surface area contributed by atoms with Crippen molar-refractivity contribution in [2.24, 2.45) is 0 Å². The van der Waals surface area contributed by atoms with E-state index in [0.29, 0.717) is 22.5 Å². The minimum absolute atomic E-state index is 0.0161. The summed E-state index contributed by atoms with van der Waals surface area (Å²) in [6, 6.07) is 17.9. The van der Waals surface area contributed by atoms with Crippen molar-refractivity contribution in [3.05, 3.63) is 99.4 Å². The standard InChI is InChI=1S/C42H40F3N9O4S2/c1-6-12-50-13-11-23-14-24(7-9-31(23)50)54-38(29-17-27(22(4)5)34(56)19-36(29)58)49-52(41(54)60)20-51-32-10-8-25(15-30(32)46-39(51)42(43,44)45)53-37(47-48-40(53)59)28-16-26(21(2)3)33(55)18-35(28)57/h7-11,13-19,21-22H,6,12,20H2,1-5H3,(H5,47,48,49,55,56,57,58,59)/p+1. The van der Waals surface area contributed by atoms with E-state index < -0.39 is 18.7 Å². The van der Waals surface area contributed by atoms with Crippen LogP contribution in [-0.4, -0.2) is 59.1 Å². The van der Waals surface area contributed by atoms with Gasteiger partial charge in [-0.3, -0.25) is 14.2 Å². The Bertz CT molecular complexity index is 3100. The molecular weight excluding hydrogens is 816 g/mol. The predicted molar refractivity (Wildman–Crippen MR) is 225 cm³/mol. The highest BCUT2D eigenvalue weighted by Crippen LogP contribution is 2.40. The lowest BCUT2D eigenvalue weighted by Gasteiger charge is -2.13. The number of phenols is 4. The van der Waals surface area contributed by atoms with Crippen LogP contribution in [0.1, 0.15) is 69.8 Å². The Morgan fingerprint density at radius 2 is 1.45 bits per heavy atom. The number of rotatable bonds is 10. The number of aromatic hydroxyl groups is 4. The maximum atomic E-state index is 14.9. The van der Waals surface area contributed by atoms with Gasteiger partial charge in [0.2, 0.25) is 5.82 Å². The van der Waals surface area contributed by atoms with Gasteiger partial charge < -0.3 is 25.0 Å². The number of imidazole rings is 1. The Labute approximate surface area is 350 Å². The predicted octanol–water partition coefficient (Wildman–Crippen LogP) is 9.71. The summed E-state index contributed by atoms with van der Waals surface area (Å²) in [6.07, 6.45) is -1.97. The van der Waals surface area contributed by atoms with Crippen molar-refractivity contribution in [2.75, 3.05) is 0 Å². The molecule has 0 atom stereocenters. The van der Waals surface area contributed by atoms with Crippen LogP contribution in [0.5, 0.6) is 23.0 Å². The average Bonchev–Trinajstić information content (AvgIpc) is 3.94. The summed E-state index contributed by atoms with van der Waals surface area (Å²) in [6.45, 7) is 9.97. The third-order valence-electron chi connectivity index (χ3n) is 10.6. The van der Waals surface area contributed by atoms with Crippen molar-refractivity contribution in [3.8, 4) is 57.1 Å². The molecule has 0 fully saturated rings. The van der Waals surface area contributed by atoms with Crippen LogP contribution in [0, 0.1) is 9.54 Å². The van der Waals surface area contributed by atoms with Crippen LogP contribution < -0.4 is 4.57 Å². The molecular formula is C42H41F3N9O4S2+. The molecule has 8 rings (SSSR count). The molecule has 0 unspecified atom stereocenters. The molecule has 310 valence electrons. The van der Waals surface area contributed by atoms with E-state index in [1.54, 1.807) is 22.8 Å². The zero-order chi connectivity index (χ0) is 42.9. The molecule has 4 aromatic carbocycles. The van der Waals surface area contributed by atoms with Gasteiger partial charge in [-0.2, -0.15) is 27.9 Å². The highest BCUT2D eigenvalue weighted by molar-refractivity contribution is 7.71. The summed E-state index contributed by atoms with van der Waals surface area (Å²) < 4.78 is 52.6. The van der Waals surface area contributed by atoms with Crippen LogP contribution in [0.25, 0.3) is 56.1 Å². The van der Waals surface area contributed by atoms with Gasteiger partial charge in [-0.1, -0.05) is 34.6 Å². The molecule has 0 spiro atoms. The van der Waals surface area contributed by atoms with Crippen molar-refractivity contribution < 1.29 is 38.2 Å². The molecule has 0 aliphatic rings. The van der Waals surface area contributed by atoms with Crippen molar-refractivity contribution in [3.63, 3.8) is 0 Å². The topological polar surface area (TPSA) is 162 Å². The molecule has 0 saturated heterocycles. The summed E-state index contributed by atoms with van der Waals surface area (Å²) in [7, 11) is 0. The molecule has 0 saturated carbocycles. The summed E-state index contributed by atoms with van der Waals surface area (Å²) in [4.78, 5) is 4.07. The zero-order valence-electron chi connectivity index (χ0n) is 33.1. The lowest BCUT2D eigenvalue weighted by atomic mass is 9.98. The van der Waals surface area contributed by atoms with Gasteiger partial charge in [-0.25, -0.2) is 4.98 Å². The lowest BCUT2D eigenvalue weighted by Crippen LogP contribution is -2.33. The first kappa shape index (κ1) is 40.4. The number of nitrogens with one attached hydrogen (secondary N) is 2. The number of halogens is 3. The Hall–Kier alpha value is -6.40. The van der Waals surface area contributed by atoms with Crippen LogP contribution in [0.15, 0.2) is 72.9 Å². The normalized spacial score (nSPS) is 12.2. The second-order valence-corrected chi connectivity index (χ2v) is 16.0. The first-order chi connectivity index (χ1) is 28.5.